The molecule has 170 valence electrons. The predicted molar refractivity (Wildman–Crippen MR) is 109 cm³/mol. The van der Waals surface area contributed by atoms with Crippen LogP contribution in [0, 0.1) is 22.7 Å². The lowest BCUT2D eigenvalue weighted by Gasteiger charge is -2.51. The number of aliphatic hydroxyl groups is 2. The van der Waals surface area contributed by atoms with E-state index < -0.39 is 23.6 Å². The summed E-state index contributed by atoms with van der Waals surface area (Å²) in [6.45, 7) is 7.28. The molecular weight excluding hydrogens is 388 g/mol. The third-order valence-electron chi connectivity index (χ3n) is 8.01. The minimum Gasteiger partial charge on any atom is -0.469 e. The summed E-state index contributed by atoms with van der Waals surface area (Å²) in [5.74, 6) is -1.22. The first kappa shape index (κ1) is 23.2. The van der Waals surface area contributed by atoms with Crippen molar-refractivity contribution < 1.29 is 34.0 Å². The molecule has 0 aromatic heterocycles. The van der Waals surface area contributed by atoms with Gasteiger partial charge in [-0.25, -0.2) is 0 Å². The molecule has 0 radical (unpaired) electrons. The van der Waals surface area contributed by atoms with Gasteiger partial charge < -0.3 is 24.4 Å². The van der Waals surface area contributed by atoms with Crippen LogP contribution in [0.1, 0.15) is 59.8 Å². The predicted octanol–water partition coefficient (Wildman–Crippen LogP) is 2.38. The highest BCUT2D eigenvalue weighted by molar-refractivity contribution is 5.75. The molecule has 1 aliphatic heterocycles. The summed E-state index contributed by atoms with van der Waals surface area (Å²) in [7, 11) is 1.41. The zero-order valence-corrected chi connectivity index (χ0v) is 18.8. The van der Waals surface area contributed by atoms with E-state index >= 15 is 0 Å². The molecule has 1 saturated heterocycles. The smallest absolute Gasteiger partial charge is 0.309 e. The van der Waals surface area contributed by atoms with Crippen LogP contribution in [-0.2, 0) is 23.8 Å². The molecule has 3 rings (SSSR count). The monoisotopic (exact) mass is 424 g/mol. The van der Waals surface area contributed by atoms with Gasteiger partial charge in [-0.05, 0) is 57.4 Å². The van der Waals surface area contributed by atoms with Gasteiger partial charge in [-0.1, -0.05) is 13.0 Å². The zero-order chi connectivity index (χ0) is 22.3. The fourth-order valence-corrected chi connectivity index (χ4v) is 6.05. The molecule has 7 nitrogen and oxygen atoms in total. The Labute approximate surface area is 178 Å². The van der Waals surface area contributed by atoms with Crippen molar-refractivity contribution in [2.75, 3.05) is 20.3 Å². The maximum Gasteiger partial charge on any atom is 0.309 e. The van der Waals surface area contributed by atoms with Crippen molar-refractivity contribution in [2.24, 2.45) is 22.7 Å². The fourth-order valence-electron chi connectivity index (χ4n) is 6.05. The Hall–Kier alpha value is -1.44. The number of hydrogen-bond acceptors (Lipinski definition) is 7. The van der Waals surface area contributed by atoms with Crippen LogP contribution in [0.2, 0.25) is 0 Å². The lowest BCUT2D eigenvalue weighted by Crippen LogP contribution is -2.53. The molecule has 3 aliphatic rings. The second kappa shape index (κ2) is 8.24. The van der Waals surface area contributed by atoms with E-state index in [0.29, 0.717) is 6.61 Å². The Bertz CT molecular complexity index is 699. The van der Waals surface area contributed by atoms with Gasteiger partial charge >= 0.3 is 11.9 Å². The van der Waals surface area contributed by atoms with Gasteiger partial charge in [-0.15, -0.1) is 0 Å². The Kier molecular flexibility index (Phi) is 6.38. The van der Waals surface area contributed by atoms with Crippen LogP contribution >= 0.6 is 0 Å². The molecule has 1 heterocycles. The number of methoxy groups -OCH3 is 1. The maximum atomic E-state index is 13.1. The van der Waals surface area contributed by atoms with Gasteiger partial charge in [0, 0.05) is 17.8 Å². The van der Waals surface area contributed by atoms with Crippen molar-refractivity contribution in [1.82, 2.24) is 0 Å². The standard InChI is InChI=1S/C23H36O7/c1-14(24)29-12-15(6-7-17(25)21(2,3)27)16-8-10-22(4)18-9-11-23(22,13-30-18)19(16)20(26)28-5/h6,16-19,25,27H,7-13H2,1-5H3/b15-6-/t16-,17+,18+,19+,22-,23+/m1/s1. The van der Waals surface area contributed by atoms with Crippen LogP contribution in [0.3, 0.4) is 0 Å². The first-order valence-electron chi connectivity index (χ1n) is 10.9. The molecule has 2 bridgehead atoms. The summed E-state index contributed by atoms with van der Waals surface area (Å²) < 4.78 is 16.7. The molecule has 3 fully saturated rings. The highest BCUT2D eigenvalue weighted by atomic mass is 16.5. The average Bonchev–Trinajstić information content (AvgIpc) is 3.13. The maximum absolute atomic E-state index is 13.1. The van der Waals surface area contributed by atoms with Gasteiger partial charge in [0.2, 0.25) is 0 Å². The fraction of sp³-hybridized carbons (Fsp3) is 0.826. The first-order valence-corrected chi connectivity index (χ1v) is 10.9. The van der Waals surface area contributed by atoms with Crippen LogP contribution in [0.4, 0.5) is 0 Å². The number of carbonyl (C=O) groups is 2. The van der Waals surface area contributed by atoms with Gasteiger partial charge in [0.15, 0.2) is 0 Å². The van der Waals surface area contributed by atoms with Gasteiger partial charge in [0.05, 0.1) is 37.4 Å². The molecule has 2 N–H and O–H groups in total. The Balaban J connectivity index is 1.96. The van der Waals surface area contributed by atoms with Crippen LogP contribution in [-0.4, -0.2) is 60.3 Å². The molecule has 2 saturated carbocycles. The van der Waals surface area contributed by atoms with E-state index in [1.165, 1.54) is 14.0 Å². The number of aliphatic hydroxyl groups excluding tert-OH is 1. The summed E-state index contributed by atoms with van der Waals surface area (Å²) in [5.41, 5.74) is -0.818. The largest absolute Gasteiger partial charge is 0.469 e. The van der Waals surface area contributed by atoms with Crippen molar-refractivity contribution >= 4 is 11.9 Å². The lowest BCUT2D eigenvalue weighted by atomic mass is 9.50. The highest BCUT2D eigenvalue weighted by Gasteiger charge is 2.70. The highest BCUT2D eigenvalue weighted by Crippen LogP contribution is 2.69. The minimum absolute atomic E-state index is 0.0587. The molecule has 30 heavy (non-hydrogen) atoms. The van der Waals surface area contributed by atoms with Crippen LogP contribution < -0.4 is 0 Å². The third kappa shape index (κ3) is 3.80. The second-order valence-corrected chi connectivity index (χ2v) is 10.0. The number of carbonyl (C=O) groups excluding carboxylic acids is 2. The van der Waals surface area contributed by atoms with Gasteiger partial charge in [-0.2, -0.15) is 0 Å². The van der Waals surface area contributed by atoms with E-state index in [9.17, 15) is 19.8 Å². The average molecular weight is 425 g/mol. The molecule has 0 aromatic rings. The van der Waals surface area contributed by atoms with E-state index in [4.69, 9.17) is 14.2 Å². The quantitative estimate of drug-likeness (QED) is 0.478. The summed E-state index contributed by atoms with van der Waals surface area (Å²) in [6, 6.07) is 0. The SMILES string of the molecule is COC(=O)[C@@H]1[C@@H](/C(=C\C[C@H](O)C(C)(C)O)COC(C)=O)CC[C@]2(C)[C@@H]3CC[C@]12CO3. The molecular formula is C23H36O7. The molecule has 2 aliphatic carbocycles. The summed E-state index contributed by atoms with van der Waals surface area (Å²) >= 11 is 0. The molecule has 0 spiro atoms. The van der Waals surface area contributed by atoms with E-state index in [2.05, 4.69) is 6.92 Å². The first-order chi connectivity index (χ1) is 14.0. The van der Waals surface area contributed by atoms with Crippen molar-refractivity contribution in [1.29, 1.82) is 0 Å². The van der Waals surface area contributed by atoms with E-state index in [-0.39, 0.29) is 41.8 Å². The van der Waals surface area contributed by atoms with E-state index in [1.54, 1.807) is 13.8 Å². The number of hydrogen-bond donors (Lipinski definition) is 2. The molecule has 0 aromatic carbocycles. The van der Waals surface area contributed by atoms with Crippen molar-refractivity contribution in [2.45, 2.75) is 77.6 Å². The van der Waals surface area contributed by atoms with Crippen molar-refractivity contribution in [3.8, 4) is 0 Å². The normalized spacial score (nSPS) is 36.9. The van der Waals surface area contributed by atoms with Gasteiger partial charge in [-0.3, -0.25) is 9.59 Å². The molecule has 7 heteroatoms. The van der Waals surface area contributed by atoms with Crippen LogP contribution in [0.25, 0.3) is 0 Å². The number of rotatable bonds is 7. The Morgan fingerprint density at radius 3 is 2.53 bits per heavy atom. The van der Waals surface area contributed by atoms with Gasteiger partial charge in [0.1, 0.15) is 6.61 Å². The Morgan fingerprint density at radius 2 is 2.00 bits per heavy atom. The van der Waals surface area contributed by atoms with Crippen LogP contribution in [0.15, 0.2) is 11.6 Å². The second-order valence-electron chi connectivity index (χ2n) is 10.0. The van der Waals surface area contributed by atoms with E-state index in [1.807, 2.05) is 6.08 Å². The Morgan fingerprint density at radius 1 is 1.30 bits per heavy atom. The summed E-state index contributed by atoms with van der Waals surface area (Å²) in [5, 5.41) is 20.4. The van der Waals surface area contributed by atoms with Crippen LogP contribution in [0.5, 0.6) is 0 Å². The van der Waals surface area contributed by atoms with Crippen molar-refractivity contribution in [3.63, 3.8) is 0 Å². The number of esters is 2. The summed E-state index contributed by atoms with van der Waals surface area (Å²) in [4.78, 5) is 24.6. The topological polar surface area (TPSA) is 102 Å². The van der Waals surface area contributed by atoms with Gasteiger partial charge in [0.25, 0.3) is 0 Å². The minimum atomic E-state index is -1.26. The van der Waals surface area contributed by atoms with Crippen molar-refractivity contribution in [3.05, 3.63) is 11.6 Å². The zero-order valence-electron chi connectivity index (χ0n) is 18.8. The summed E-state index contributed by atoms with van der Waals surface area (Å²) in [6.07, 6.45) is 4.75. The lowest BCUT2D eigenvalue weighted by molar-refractivity contribution is -0.161. The molecule has 0 unspecified atom stereocenters. The van der Waals surface area contributed by atoms with E-state index in [0.717, 1.165) is 31.3 Å². The molecule has 0 amide bonds. The number of ether oxygens (including phenoxy) is 3. The third-order valence-corrected chi connectivity index (χ3v) is 8.01. The molecule has 6 atom stereocenters.